The summed E-state index contributed by atoms with van der Waals surface area (Å²) in [7, 11) is 0. The van der Waals surface area contributed by atoms with Crippen molar-refractivity contribution < 1.29 is 4.74 Å². The van der Waals surface area contributed by atoms with Gasteiger partial charge in [0.2, 0.25) is 0 Å². The summed E-state index contributed by atoms with van der Waals surface area (Å²) in [5.74, 6) is 2.60. The molecule has 26 heavy (non-hydrogen) atoms. The molecule has 0 aromatic carbocycles. The van der Waals surface area contributed by atoms with Crippen LogP contribution < -0.4 is 9.80 Å². The maximum Gasteiger partial charge on any atom is 0.135 e. The number of nitrogens with zero attached hydrogens (tertiary/aromatic N) is 6. The molecule has 0 atom stereocenters. The summed E-state index contributed by atoms with van der Waals surface area (Å²) in [5, 5.41) is 0. The topological polar surface area (TPSA) is 67.3 Å². The first-order chi connectivity index (χ1) is 12.7. The van der Waals surface area contributed by atoms with Gasteiger partial charge < -0.3 is 14.5 Å². The van der Waals surface area contributed by atoms with E-state index in [0.29, 0.717) is 5.92 Å². The first-order valence-corrected chi connectivity index (χ1v) is 9.40. The van der Waals surface area contributed by atoms with Gasteiger partial charge in [-0.15, -0.1) is 0 Å². The predicted octanol–water partition coefficient (Wildman–Crippen LogP) is 2.10. The molecule has 2 aromatic rings. The second-order valence-corrected chi connectivity index (χ2v) is 7.07. The zero-order chi connectivity index (χ0) is 17.9. The number of piperazine rings is 1. The Morgan fingerprint density at radius 3 is 2.35 bits per heavy atom. The van der Waals surface area contributed by atoms with E-state index in [0.717, 1.165) is 75.3 Å². The van der Waals surface area contributed by atoms with Crippen molar-refractivity contribution in [3.05, 3.63) is 35.7 Å². The minimum Gasteiger partial charge on any atom is -0.381 e. The highest BCUT2D eigenvalue weighted by molar-refractivity contribution is 5.50. The zero-order valence-electron chi connectivity index (χ0n) is 15.6. The van der Waals surface area contributed by atoms with E-state index in [1.165, 1.54) is 5.56 Å². The fourth-order valence-corrected chi connectivity index (χ4v) is 3.74. The summed E-state index contributed by atoms with van der Waals surface area (Å²) < 4.78 is 5.47. The maximum absolute atomic E-state index is 5.47. The number of hydrogen-bond donors (Lipinski definition) is 0. The molecule has 7 heteroatoms. The van der Waals surface area contributed by atoms with Gasteiger partial charge in [-0.25, -0.2) is 19.9 Å². The van der Waals surface area contributed by atoms with Gasteiger partial charge in [0.15, 0.2) is 0 Å². The summed E-state index contributed by atoms with van der Waals surface area (Å²) in [6, 6.07) is 2.17. The van der Waals surface area contributed by atoms with Gasteiger partial charge in [0, 0.05) is 68.3 Å². The Hall–Kier alpha value is -2.28. The Kier molecular flexibility index (Phi) is 4.97. The largest absolute Gasteiger partial charge is 0.381 e. The third-order valence-corrected chi connectivity index (χ3v) is 5.53. The lowest BCUT2D eigenvalue weighted by atomic mass is 9.96. The van der Waals surface area contributed by atoms with Crippen molar-refractivity contribution in [1.82, 2.24) is 19.9 Å². The average Bonchev–Trinajstić information content (AvgIpc) is 2.71. The van der Waals surface area contributed by atoms with Crippen LogP contribution in [0.5, 0.6) is 0 Å². The predicted molar refractivity (Wildman–Crippen MR) is 101 cm³/mol. The molecule has 0 N–H and O–H groups in total. The van der Waals surface area contributed by atoms with Gasteiger partial charge in [-0.1, -0.05) is 0 Å². The van der Waals surface area contributed by atoms with E-state index < -0.39 is 0 Å². The van der Waals surface area contributed by atoms with Crippen LogP contribution in [-0.2, 0) is 4.74 Å². The van der Waals surface area contributed by atoms with Gasteiger partial charge in [0.1, 0.15) is 24.3 Å². The molecule has 0 spiro atoms. The van der Waals surface area contributed by atoms with E-state index in [1.54, 1.807) is 12.7 Å². The van der Waals surface area contributed by atoms with Gasteiger partial charge in [-0.05, 0) is 26.7 Å². The molecule has 2 aromatic heterocycles. The summed E-state index contributed by atoms with van der Waals surface area (Å²) in [5.41, 5.74) is 3.38. The molecule has 4 heterocycles. The third-order valence-electron chi connectivity index (χ3n) is 5.53. The van der Waals surface area contributed by atoms with Crippen LogP contribution in [0.4, 0.5) is 11.6 Å². The Bertz CT molecular complexity index is 753. The first kappa shape index (κ1) is 17.1. The van der Waals surface area contributed by atoms with Crippen molar-refractivity contribution >= 4 is 11.6 Å². The minimum atomic E-state index is 0.499. The summed E-state index contributed by atoms with van der Waals surface area (Å²) in [4.78, 5) is 22.5. The standard InChI is InChI=1S/C19H26N6O/c1-14-15(2)20-12-23-19(14)25-7-5-24(6-8-25)18-11-17(21-13-22-18)16-3-9-26-10-4-16/h11-13,16H,3-10H2,1-2H3. The Labute approximate surface area is 154 Å². The Balaban J connectivity index is 1.44. The number of ether oxygens (including phenoxy) is 1. The molecular weight excluding hydrogens is 328 g/mol. The van der Waals surface area contributed by atoms with E-state index >= 15 is 0 Å². The number of hydrogen-bond acceptors (Lipinski definition) is 7. The highest BCUT2D eigenvalue weighted by atomic mass is 16.5. The molecule has 2 aliphatic rings. The van der Waals surface area contributed by atoms with Crippen molar-refractivity contribution in [2.24, 2.45) is 0 Å². The molecule has 0 amide bonds. The molecule has 0 aliphatic carbocycles. The van der Waals surface area contributed by atoms with Crippen molar-refractivity contribution in [1.29, 1.82) is 0 Å². The second kappa shape index (κ2) is 7.53. The van der Waals surface area contributed by atoms with Crippen LogP contribution >= 0.6 is 0 Å². The lowest BCUT2D eigenvalue weighted by Crippen LogP contribution is -2.47. The van der Waals surface area contributed by atoms with Crippen LogP contribution in [-0.4, -0.2) is 59.3 Å². The molecule has 4 rings (SSSR count). The quantitative estimate of drug-likeness (QED) is 0.836. The van der Waals surface area contributed by atoms with Crippen LogP contribution in [0.25, 0.3) is 0 Å². The average molecular weight is 354 g/mol. The number of aromatic nitrogens is 4. The highest BCUT2D eigenvalue weighted by Gasteiger charge is 2.23. The fraction of sp³-hybridized carbons (Fsp3) is 0.579. The van der Waals surface area contributed by atoms with Crippen LogP contribution in [0.1, 0.15) is 35.7 Å². The van der Waals surface area contributed by atoms with Crippen molar-refractivity contribution in [3.8, 4) is 0 Å². The van der Waals surface area contributed by atoms with Crippen molar-refractivity contribution in [3.63, 3.8) is 0 Å². The Morgan fingerprint density at radius 2 is 1.58 bits per heavy atom. The van der Waals surface area contributed by atoms with Gasteiger partial charge >= 0.3 is 0 Å². The minimum absolute atomic E-state index is 0.499. The van der Waals surface area contributed by atoms with E-state index in [9.17, 15) is 0 Å². The SMILES string of the molecule is Cc1ncnc(N2CCN(c3cc(C4CCOCC4)ncn3)CC2)c1C. The zero-order valence-corrected chi connectivity index (χ0v) is 15.6. The van der Waals surface area contributed by atoms with Crippen LogP contribution in [0.15, 0.2) is 18.7 Å². The molecule has 138 valence electrons. The fourth-order valence-electron chi connectivity index (χ4n) is 3.74. The lowest BCUT2D eigenvalue weighted by molar-refractivity contribution is 0.0845. The van der Waals surface area contributed by atoms with E-state index in [2.05, 4.69) is 42.7 Å². The maximum atomic E-state index is 5.47. The van der Waals surface area contributed by atoms with Crippen LogP contribution in [0.3, 0.4) is 0 Å². The van der Waals surface area contributed by atoms with Gasteiger partial charge in [-0.2, -0.15) is 0 Å². The monoisotopic (exact) mass is 354 g/mol. The van der Waals surface area contributed by atoms with Gasteiger partial charge in [0.25, 0.3) is 0 Å². The molecule has 2 saturated heterocycles. The summed E-state index contributed by atoms with van der Waals surface area (Å²) in [6.07, 6.45) is 5.48. The molecule has 7 nitrogen and oxygen atoms in total. The molecule has 2 fully saturated rings. The van der Waals surface area contributed by atoms with E-state index in [4.69, 9.17) is 4.74 Å². The van der Waals surface area contributed by atoms with Crippen molar-refractivity contribution in [2.45, 2.75) is 32.6 Å². The molecule has 0 radical (unpaired) electrons. The number of aryl methyl sites for hydroxylation is 1. The lowest BCUT2D eigenvalue weighted by Gasteiger charge is -2.36. The molecule has 2 aliphatic heterocycles. The van der Waals surface area contributed by atoms with E-state index in [-0.39, 0.29) is 0 Å². The Morgan fingerprint density at radius 1 is 0.885 bits per heavy atom. The van der Waals surface area contributed by atoms with Crippen LogP contribution in [0, 0.1) is 13.8 Å². The van der Waals surface area contributed by atoms with Crippen molar-refractivity contribution in [2.75, 3.05) is 49.2 Å². The molecule has 0 saturated carbocycles. The smallest absolute Gasteiger partial charge is 0.135 e. The van der Waals surface area contributed by atoms with Crippen LogP contribution in [0.2, 0.25) is 0 Å². The summed E-state index contributed by atoms with van der Waals surface area (Å²) in [6.45, 7) is 9.55. The third kappa shape index (κ3) is 3.49. The van der Waals surface area contributed by atoms with Gasteiger partial charge in [0.05, 0.1) is 0 Å². The summed E-state index contributed by atoms with van der Waals surface area (Å²) >= 11 is 0. The van der Waals surface area contributed by atoms with Gasteiger partial charge in [-0.3, -0.25) is 0 Å². The normalized spacial score (nSPS) is 19.0. The number of rotatable bonds is 3. The second-order valence-electron chi connectivity index (χ2n) is 7.07. The highest BCUT2D eigenvalue weighted by Crippen LogP contribution is 2.27. The molecular formula is C19H26N6O. The first-order valence-electron chi connectivity index (χ1n) is 9.40. The molecule has 0 unspecified atom stereocenters. The number of anilines is 2. The molecule has 0 bridgehead atoms. The van der Waals surface area contributed by atoms with E-state index in [1.807, 2.05) is 6.92 Å².